The van der Waals surface area contributed by atoms with Gasteiger partial charge in [0.15, 0.2) is 0 Å². The number of rotatable bonds is 8. The van der Waals surface area contributed by atoms with Crippen LogP contribution in [-0.2, 0) is 16.1 Å². The van der Waals surface area contributed by atoms with Gasteiger partial charge < -0.3 is 26.0 Å². The maximum Gasteiger partial charge on any atom is 0.330 e. The van der Waals surface area contributed by atoms with Gasteiger partial charge >= 0.3 is 5.69 Å². The minimum atomic E-state index is -0.702. The van der Waals surface area contributed by atoms with Crippen molar-refractivity contribution < 1.29 is 14.3 Å². The van der Waals surface area contributed by atoms with Crippen molar-refractivity contribution >= 4 is 34.7 Å². The Hall–Kier alpha value is -4.54. The zero-order valence-electron chi connectivity index (χ0n) is 19.0. The van der Waals surface area contributed by atoms with Gasteiger partial charge in [-0.25, -0.2) is 4.79 Å². The SMILES string of the molecule is COc1ccc(NC(C)=O)cc1NC(=O)CN(C)c1c(N)n(Cc2ccccc2)c(=O)[nH]c1=O. The van der Waals surface area contributed by atoms with Crippen LogP contribution in [0.3, 0.4) is 0 Å². The van der Waals surface area contributed by atoms with Crippen LogP contribution in [0.25, 0.3) is 0 Å². The molecule has 0 saturated heterocycles. The zero-order chi connectivity index (χ0) is 24.8. The number of nitrogen functional groups attached to an aromatic ring is 1. The second kappa shape index (κ2) is 10.4. The molecule has 3 rings (SSSR count). The largest absolute Gasteiger partial charge is 0.495 e. The number of aromatic amines is 1. The van der Waals surface area contributed by atoms with Crippen LogP contribution in [0.1, 0.15) is 12.5 Å². The number of methoxy groups -OCH3 is 1. The number of carbonyl (C=O) groups is 2. The molecule has 178 valence electrons. The normalized spacial score (nSPS) is 10.4. The van der Waals surface area contributed by atoms with Gasteiger partial charge in [-0.3, -0.25) is 23.9 Å². The van der Waals surface area contributed by atoms with Crippen LogP contribution in [0.4, 0.5) is 22.9 Å². The molecule has 11 heteroatoms. The fourth-order valence-corrected chi connectivity index (χ4v) is 3.44. The number of amides is 2. The number of hydrogen-bond acceptors (Lipinski definition) is 7. The first-order valence-corrected chi connectivity index (χ1v) is 10.3. The van der Waals surface area contributed by atoms with Crippen LogP contribution in [-0.4, -0.2) is 42.1 Å². The number of aromatic nitrogens is 2. The summed E-state index contributed by atoms with van der Waals surface area (Å²) in [6, 6.07) is 14.0. The number of anilines is 4. The van der Waals surface area contributed by atoms with Crippen LogP contribution in [0.2, 0.25) is 0 Å². The number of benzene rings is 2. The number of hydrogen-bond donors (Lipinski definition) is 4. The number of ether oxygens (including phenoxy) is 1. The van der Waals surface area contributed by atoms with E-state index in [1.54, 1.807) is 18.2 Å². The van der Waals surface area contributed by atoms with Crippen molar-refractivity contribution in [1.82, 2.24) is 9.55 Å². The van der Waals surface area contributed by atoms with Crippen LogP contribution < -0.4 is 37.3 Å². The van der Waals surface area contributed by atoms with Gasteiger partial charge in [0.05, 0.1) is 25.9 Å². The Labute approximate surface area is 195 Å². The minimum absolute atomic E-state index is 0.00959. The highest BCUT2D eigenvalue weighted by atomic mass is 16.5. The summed E-state index contributed by atoms with van der Waals surface area (Å²) in [6.45, 7) is 1.28. The summed E-state index contributed by atoms with van der Waals surface area (Å²) in [6.07, 6.45) is 0. The van der Waals surface area contributed by atoms with Crippen LogP contribution in [0, 0.1) is 0 Å². The molecule has 5 N–H and O–H groups in total. The summed E-state index contributed by atoms with van der Waals surface area (Å²) in [5, 5.41) is 5.33. The first-order chi connectivity index (χ1) is 16.2. The Kier molecular flexibility index (Phi) is 7.36. The Bertz CT molecular complexity index is 1320. The third-order valence-corrected chi connectivity index (χ3v) is 4.95. The van der Waals surface area contributed by atoms with E-state index in [4.69, 9.17) is 10.5 Å². The summed E-state index contributed by atoms with van der Waals surface area (Å²) in [4.78, 5) is 52.6. The number of likely N-dealkylation sites (N-methyl/N-ethyl adjacent to an activating group) is 1. The highest BCUT2D eigenvalue weighted by molar-refractivity contribution is 5.97. The van der Waals surface area contributed by atoms with Gasteiger partial charge in [0.1, 0.15) is 17.3 Å². The van der Waals surface area contributed by atoms with E-state index < -0.39 is 17.2 Å². The molecule has 0 saturated carbocycles. The first kappa shape index (κ1) is 24.1. The molecule has 3 aromatic rings. The third kappa shape index (κ3) is 5.63. The van der Waals surface area contributed by atoms with Gasteiger partial charge in [-0.05, 0) is 23.8 Å². The van der Waals surface area contributed by atoms with Crippen molar-refractivity contribution in [3.63, 3.8) is 0 Å². The van der Waals surface area contributed by atoms with Gasteiger partial charge in [-0.15, -0.1) is 0 Å². The molecule has 0 fully saturated rings. The van der Waals surface area contributed by atoms with Gasteiger partial charge in [0.25, 0.3) is 5.56 Å². The fourth-order valence-electron chi connectivity index (χ4n) is 3.44. The van der Waals surface area contributed by atoms with E-state index in [1.165, 1.54) is 30.5 Å². The fraction of sp³-hybridized carbons (Fsp3) is 0.217. The summed E-state index contributed by atoms with van der Waals surface area (Å²) in [5.74, 6) is -0.403. The zero-order valence-corrected chi connectivity index (χ0v) is 19.0. The molecule has 0 spiro atoms. The topological polar surface area (TPSA) is 152 Å². The summed E-state index contributed by atoms with van der Waals surface area (Å²) in [7, 11) is 2.97. The molecule has 11 nitrogen and oxygen atoms in total. The van der Waals surface area contributed by atoms with Gasteiger partial charge in [-0.2, -0.15) is 0 Å². The third-order valence-electron chi connectivity index (χ3n) is 4.95. The van der Waals surface area contributed by atoms with Crippen LogP contribution >= 0.6 is 0 Å². The maximum absolute atomic E-state index is 12.7. The Morgan fingerprint density at radius 1 is 1.12 bits per heavy atom. The number of H-pyrrole nitrogens is 1. The molecule has 0 radical (unpaired) electrons. The van der Waals surface area contributed by atoms with E-state index in [1.807, 2.05) is 30.3 Å². The monoisotopic (exact) mass is 466 g/mol. The molecule has 2 amide bonds. The van der Waals surface area contributed by atoms with E-state index >= 15 is 0 Å². The Morgan fingerprint density at radius 3 is 2.47 bits per heavy atom. The predicted octanol–water partition coefficient (Wildman–Crippen LogP) is 1.21. The molecule has 0 aliphatic carbocycles. The van der Waals surface area contributed by atoms with Crippen LogP contribution in [0.15, 0.2) is 58.1 Å². The average molecular weight is 466 g/mol. The highest BCUT2D eigenvalue weighted by Crippen LogP contribution is 2.28. The minimum Gasteiger partial charge on any atom is -0.495 e. The lowest BCUT2D eigenvalue weighted by atomic mass is 10.2. The van der Waals surface area contributed by atoms with E-state index in [2.05, 4.69) is 15.6 Å². The van der Waals surface area contributed by atoms with Crippen molar-refractivity contribution in [2.24, 2.45) is 0 Å². The molecule has 34 heavy (non-hydrogen) atoms. The standard InChI is InChI=1S/C23H26N6O5/c1-14(30)25-16-9-10-18(34-3)17(11-16)26-19(31)13-28(2)20-21(24)29(23(33)27-22(20)32)12-15-7-5-4-6-8-15/h4-11H,12-13,24H2,1-3H3,(H,25,30)(H,26,31)(H,27,32,33). The van der Waals surface area contributed by atoms with Crippen molar-refractivity contribution in [1.29, 1.82) is 0 Å². The Morgan fingerprint density at radius 2 is 1.82 bits per heavy atom. The molecule has 0 aliphatic heterocycles. The van der Waals surface area contributed by atoms with Gasteiger partial charge in [0, 0.05) is 19.7 Å². The lowest BCUT2D eigenvalue weighted by Crippen LogP contribution is -2.39. The molecule has 1 aromatic heterocycles. The van der Waals surface area contributed by atoms with Crippen molar-refractivity contribution in [3.05, 3.63) is 74.9 Å². The number of nitrogens with zero attached hydrogens (tertiary/aromatic N) is 2. The molecule has 2 aromatic carbocycles. The summed E-state index contributed by atoms with van der Waals surface area (Å²) in [5.41, 5.74) is 6.46. The van der Waals surface area contributed by atoms with E-state index in [9.17, 15) is 19.2 Å². The Balaban J connectivity index is 1.83. The molecular formula is C23H26N6O5. The molecule has 0 bridgehead atoms. The van der Waals surface area contributed by atoms with Gasteiger partial charge in [0.2, 0.25) is 11.8 Å². The number of nitrogens with one attached hydrogen (secondary N) is 3. The molecule has 0 aliphatic rings. The maximum atomic E-state index is 12.7. The quantitative estimate of drug-likeness (QED) is 0.389. The second-order valence-electron chi connectivity index (χ2n) is 7.57. The molecule has 0 atom stereocenters. The van der Waals surface area contributed by atoms with E-state index in [0.717, 1.165) is 5.56 Å². The lowest BCUT2D eigenvalue weighted by molar-refractivity contribution is -0.115. The second-order valence-corrected chi connectivity index (χ2v) is 7.57. The van der Waals surface area contributed by atoms with E-state index in [0.29, 0.717) is 17.1 Å². The van der Waals surface area contributed by atoms with E-state index in [-0.39, 0.29) is 30.5 Å². The first-order valence-electron chi connectivity index (χ1n) is 10.3. The highest BCUT2D eigenvalue weighted by Gasteiger charge is 2.19. The summed E-state index contributed by atoms with van der Waals surface area (Å²) < 4.78 is 6.50. The average Bonchev–Trinajstić information content (AvgIpc) is 2.77. The van der Waals surface area contributed by atoms with Gasteiger partial charge in [-0.1, -0.05) is 30.3 Å². The smallest absolute Gasteiger partial charge is 0.330 e. The van der Waals surface area contributed by atoms with Crippen LogP contribution in [0.5, 0.6) is 5.75 Å². The molecule has 1 heterocycles. The summed E-state index contributed by atoms with van der Waals surface area (Å²) >= 11 is 0. The van der Waals surface area contributed by atoms with Crippen molar-refractivity contribution in [2.75, 3.05) is 42.0 Å². The number of nitrogens with two attached hydrogens (primary N) is 1. The molecular weight excluding hydrogens is 440 g/mol. The predicted molar refractivity (Wildman–Crippen MR) is 130 cm³/mol. The number of carbonyl (C=O) groups excluding carboxylic acids is 2. The lowest BCUT2D eigenvalue weighted by Gasteiger charge is -2.22. The van der Waals surface area contributed by atoms with Crippen molar-refractivity contribution in [2.45, 2.75) is 13.5 Å². The molecule has 0 unspecified atom stereocenters. The van der Waals surface area contributed by atoms with Crippen molar-refractivity contribution in [3.8, 4) is 5.75 Å².